The molecule has 0 aliphatic rings. The molecule has 0 spiro atoms. The molecule has 0 atom stereocenters. The molecule has 0 amide bonds. The number of aromatic hydroxyl groups is 1. The number of nitrogens with zero attached hydrogens (tertiary/aromatic N) is 1. The van der Waals surface area contributed by atoms with E-state index >= 15 is 0 Å². The smallest absolute Gasteiger partial charge is 0.235 e. The van der Waals surface area contributed by atoms with Crippen LogP contribution in [-0.2, 0) is 11.3 Å². The third kappa shape index (κ3) is 2.28. The molecule has 0 aliphatic carbocycles. The lowest BCUT2D eigenvalue weighted by Gasteiger charge is -2.01. The number of halogens is 2. The van der Waals surface area contributed by atoms with E-state index in [1.165, 1.54) is 12.1 Å². The monoisotopic (exact) mass is 201 g/mol. The molecule has 68 valence electrons. The number of phenols is 1. The van der Waals surface area contributed by atoms with Crippen molar-refractivity contribution < 1.29 is 14.3 Å². The van der Waals surface area contributed by atoms with Gasteiger partial charge in [-0.25, -0.2) is 14.2 Å². The van der Waals surface area contributed by atoms with Gasteiger partial charge in [0.25, 0.3) is 0 Å². The molecule has 0 unspecified atom stereocenters. The highest BCUT2D eigenvalue weighted by atomic mass is 35.5. The standard InChI is InChI=1S/C8H5ClFNO2/c9-6-1-5(3-11-4-12)8(13)7(10)2-6/h1-2,13H,3H2. The van der Waals surface area contributed by atoms with Crippen molar-refractivity contribution in [2.45, 2.75) is 6.54 Å². The minimum atomic E-state index is -0.830. The van der Waals surface area contributed by atoms with Gasteiger partial charge in [0.1, 0.15) is 0 Å². The highest BCUT2D eigenvalue weighted by Crippen LogP contribution is 2.25. The number of hydrogen-bond acceptors (Lipinski definition) is 3. The molecular weight excluding hydrogens is 197 g/mol. The van der Waals surface area contributed by atoms with Gasteiger partial charge in [0.2, 0.25) is 6.08 Å². The Balaban J connectivity index is 3.12. The van der Waals surface area contributed by atoms with Crippen molar-refractivity contribution in [1.82, 2.24) is 0 Å². The quantitative estimate of drug-likeness (QED) is 0.588. The van der Waals surface area contributed by atoms with E-state index in [1.54, 1.807) is 0 Å². The van der Waals surface area contributed by atoms with Crippen LogP contribution < -0.4 is 0 Å². The number of hydrogen-bond donors (Lipinski definition) is 1. The summed E-state index contributed by atoms with van der Waals surface area (Å²) in [6, 6.07) is 2.31. The van der Waals surface area contributed by atoms with E-state index in [-0.39, 0.29) is 17.1 Å². The second-order valence-corrected chi connectivity index (χ2v) is 2.74. The number of aliphatic imine (C=N–C) groups is 1. The van der Waals surface area contributed by atoms with Crippen LogP contribution in [0.15, 0.2) is 17.1 Å². The van der Waals surface area contributed by atoms with Crippen molar-refractivity contribution in [3.8, 4) is 5.75 Å². The van der Waals surface area contributed by atoms with E-state index in [0.717, 1.165) is 6.07 Å². The maximum atomic E-state index is 12.8. The minimum Gasteiger partial charge on any atom is -0.505 e. The van der Waals surface area contributed by atoms with Crippen molar-refractivity contribution >= 4 is 17.7 Å². The summed E-state index contributed by atoms with van der Waals surface area (Å²) in [5.74, 6) is -1.37. The van der Waals surface area contributed by atoms with Crippen LogP contribution in [0.2, 0.25) is 5.02 Å². The van der Waals surface area contributed by atoms with Crippen LogP contribution in [0.25, 0.3) is 0 Å². The van der Waals surface area contributed by atoms with Crippen molar-refractivity contribution in [3.05, 3.63) is 28.5 Å². The van der Waals surface area contributed by atoms with Crippen molar-refractivity contribution in [2.75, 3.05) is 0 Å². The summed E-state index contributed by atoms with van der Waals surface area (Å²) in [5, 5.41) is 9.27. The predicted molar refractivity (Wildman–Crippen MR) is 44.9 cm³/mol. The maximum absolute atomic E-state index is 12.8. The molecule has 0 saturated carbocycles. The highest BCUT2D eigenvalue weighted by Gasteiger charge is 2.08. The molecule has 1 aromatic carbocycles. The lowest BCUT2D eigenvalue weighted by molar-refractivity contribution is 0.426. The summed E-state index contributed by atoms with van der Waals surface area (Å²) in [5.41, 5.74) is 0.161. The van der Waals surface area contributed by atoms with Gasteiger partial charge in [-0.1, -0.05) is 11.6 Å². The van der Waals surface area contributed by atoms with Gasteiger partial charge in [-0.15, -0.1) is 0 Å². The first-order valence-corrected chi connectivity index (χ1v) is 3.73. The summed E-state index contributed by atoms with van der Waals surface area (Å²) < 4.78 is 12.8. The highest BCUT2D eigenvalue weighted by molar-refractivity contribution is 6.30. The van der Waals surface area contributed by atoms with Gasteiger partial charge in [0, 0.05) is 10.6 Å². The van der Waals surface area contributed by atoms with E-state index in [2.05, 4.69) is 4.99 Å². The fourth-order valence-electron chi connectivity index (χ4n) is 0.857. The summed E-state index contributed by atoms with van der Waals surface area (Å²) in [6.07, 6.45) is 1.28. The molecule has 13 heavy (non-hydrogen) atoms. The molecule has 3 nitrogen and oxygen atoms in total. The molecule has 0 aliphatic heterocycles. The molecule has 0 bridgehead atoms. The Morgan fingerprint density at radius 2 is 2.31 bits per heavy atom. The number of carbonyl (C=O) groups excluding carboxylic acids is 1. The lowest BCUT2D eigenvalue weighted by atomic mass is 10.2. The second-order valence-electron chi connectivity index (χ2n) is 2.30. The zero-order valence-corrected chi connectivity index (χ0v) is 7.18. The van der Waals surface area contributed by atoms with Gasteiger partial charge in [0.15, 0.2) is 11.6 Å². The fourth-order valence-corrected chi connectivity index (χ4v) is 1.08. The first-order valence-electron chi connectivity index (χ1n) is 3.35. The van der Waals surface area contributed by atoms with Crippen LogP contribution in [0.1, 0.15) is 5.56 Å². The van der Waals surface area contributed by atoms with Gasteiger partial charge < -0.3 is 5.11 Å². The minimum absolute atomic E-state index is 0.132. The van der Waals surface area contributed by atoms with Crippen LogP contribution in [0.3, 0.4) is 0 Å². The van der Waals surface area contributed by atoms with Crippen molar-refractivity contribution in [1.29, 1.82) is 0 Å². The van der Waals surface area contributed by atoms with Crippen molar-refractivity contribution in [3.63, 3.8) is 0 Å². The fraction of sp³-hybridized carbons (Fsp3) is 0.125. The van der Waals surface area contributed by atoms with Crippen LogP contribution in [-0.4, -0.2) is 11.2 Å². The van der Waals surface area contributed by atoms with Crippen LogP contribution in [0, 0.1) is 5.82 Å². The molecule has 5 heteroatoms. The Hall–Kier alpha value is -1.38. The molecule has 0 heterocycles. The number of benzene rings is 1. The summed E-state index contributed by atoms with van der Waals surface area (Å²) in [7, 11) is 0. The molecular formula is C8H5ClFNO2. The van der Waals surface area contributed by atoms with Gasteiger partial charge in [0.05, 0.1) is 6.54 Å². The average Bonchev–Trinajstić information content (AvgIpc) is 2.09. The van der Waals surface area contributed by atoms with Crippen LogP contribution >= 0.6 is 11.6 Å². The molecule has 0 fully saturated rings. The Kier molecular flexibility index (Phi) is 3.01. The number of isocyanates is 1. The Bertz CT molecular complexity index is 375. The summed E-state index contributed by atoms with van der Waals surface area (Å²) >= 11 is 5.51. The first kappa shape index (κ1) is 9.71. The third-order valence-electron chi connectivity index (χ3n) is 1.42. The molecule has 0 saturated heterocycles. The zero-order valence-electron chi connectivity index (χ0n) is 6.42. The zero-order chi connectivity index (χ0) is 9.84. The van der Waals surface area contributed by atoms with E-state index < -0.39 is 11.6 Å². The Morgan fingerprint density at radius 1 is 1.62 bits per heavy atom. The van der Waals surface area contributed by atoms with Crippen molar-refractivity contribution in [2.24, 2.45) is 4.99 Å². The Morgan fingerprint density at radius 3 is 2.92 bits per heavy atom. The van der Waals surface area contributed by atoms with E-state index in [4.69, 9.17) is 16.7 Å². The number of phenolic OH excluding ortho intramolecular Hbond substituents is 1. The average molecular weight is 202 g/mol. The van der Waals surface area contributed by atoms with E-state index in [1.807, 2.05) is 0 Å². The molecule has 1 N–H and O–H groups in total. The first-order chi connectivity index (χ1) is 6.15. The SMILES string of the molecule is O=C=NCc1cc(Cl)cc(F)c1O. The van der Waals surface area contributed by atoms with E-state index in [0.29, 0.717) is 0 Å². The third-order valence-corrected chi connectivity index (χ3v) is 1.64. The summed E-state index contributed by atoms with van der Waals surface area (Å²) in [4.78, 5) is 13.0. The Labute approximate surface area is 78.5 Å². The second kappa shape index (κ2) is 4.03. The molecule has 1 rings (SSSR count). The van der Waals surface area contributed by atoms with Gasteiger partial charge in [-0.2, -0.15) is 0 Å². The normalized spacial score (nSPS) is 9.38. The number of rotatable bonds is 2. The summed E-state index contributed by atoms with van der Waals surface area (Å²) in [6.45, 7) is -0.132. The van der Waals surface area contributed by atoms with Gasteiger partial charge in [-0.3, -0.25) is 0 Å². The van der Waals surface area contributed by atoms with E-state index in [9.17, 15) is 9.18 Å². The molecule has 0 radical (unpaired) electrons. The lowest BCUT2D eigenvalue weighted by Crippen LogP contribution is -1.86. The van der Waals surface area contributed by atoms with Crippen LogP contribution in [0.5, 0.6) is 5.75 Å². The van der Waals surface area contributed by atoms with Crippen LogP contribution in [0.4, 0.5) is 4.39 Å². The maximum Gasteiger partial charge on any atom is 0.235 e. The largest absolute Gasteiger partial charge is 0.505 e. The predicted octanol–water partition coefficient (Wildman–Crippen LogP) is 2.02. The molecule has 1 aromatic rings. The molecule has 0 aromatic heterocycles. The van der Waals surface area contributed by atoms with Gasteiger partial charge >= 0.3 is 0 Å². The topological polar surface area (TPSA) is 49.7 Å². The van der Waals surface area contributed by atoms with Gasteiger partial charge in [-0.05, 0) is 12.1 Å².